The van der Waals surface area contributed by atoms with Gasteiger partial charge in [0.2, 0.25) is 0 Å². The molecule has 8 heteroatoms. The first-order valence-corrected chi connectivity index (χ1v) is 11.6. The number of hydrogen-bond donors (Lipinski definition) is 2. The predicted octanol–water partition coefficient (Wildman–Crippen LogP) is 1.73. The largest absolute Gasteiger partial charge is 0.357 e. The van der Waals surface area contributed by atoms with E-state index in [0.29, 0.717) is 6.54 Å². The maximum atomic E-state index is 4.75. The summed E-state index contributed by atoms with van der Waals surface area (Å²) >= 11 is 0. The molecule has 0 unspecified atom stereocenters. The van der Waals surface area contributed by atoms with Crippen molar-refractivity contribution >= 4 is 5.96 Å². The lowest BCUT2D eigenvalue weighted by molar-refractivity contribution is 0.269. The second-order valence-corrected chi connectivity index (χ2v) is 8.17. The molecule has 0 bridgehead atoms. The second kappa shape index (κ2) is 12.4. The minimum atomic E-state index is 0.664. The second-order valence-electron chi connectivity index (χ2n) is 8.17. The molecule has 0 aliphatic carbocycles. The van der Waals surface area contributed by atoms with Crippen LogP contribution in [0.3, 0.4) is 0 Å². The number of aryl methyl sites for hydroxylation is 1. The fourth-order valence-corrected chi connectivity index (χ4v) is 3.81. The molecular formula is C23H38N8. The standard InChI is InChI=1S/C23H38N8/c1-4-22-28-27-19-31(22)14-11-25-23(24-5-2)26-17-20-7-9-21(10-8-20)18-30-13-6-12-29(3)15-16-30/h7-10,19H,4-6,11-18H2,1-3H3,(H2,24,25,26). The summed E-state index contributed by atoms with van der Waals surface area (Å²) in [6.45, 7) is 13.0. The van der Waals surface area contributed by atoms with Gasteiger partial charge in [0, 0.05) is 45.7 Å². The summed E-state index contributed by atoms with van der Waals surface area (Å²) < 4.78 is 2.08. The third kappa shape index (κ3) is 7.63. The van der Waals surface area contributed by atoms with Crippen molar-refractivity contribution in [1.29, 1.82) is 0 Å². The van der Waals surface area contributed by atoms with Crippen molar-refractivity contribution in [2.24, 2.45) is 4.99 Å². The highest BCUT2D eigenvalue weighted by Gasteiger charge is 2.12. The molecule has 170 valence electrons. The van der Waals surface area contributed by atoms with E-state index in [1.807, 2.05) is 0 Å². The first-order valence-electron chi connectivity index (χ1n) is 11.6. The molecule has 1 aliphatic heterocycles. The number of aromatic nitrogens is 3. The molecule has 0 spiro atoms. The molecule has 0 atom stereocenters. The number of rotatable bonds is 9. The third-order valence-corrected chi connectivity index (χ3v) is 5.66. The average Bonchev–Trinajstić information content (AvgIpc) is 3.14. The first kappa shape index (κ1) is 23.2. The maximum Gasteiger partial charge on any atom is 0.191 e. The Labute approximate surface area is 186 Å². The van der Waals surface area contributed by atoms with Crippen LogP contribution >= 0.6 is 0 Å². The van der Waals surface area contributed by atoms with Gasteiger partial charge >= 0.3 is 0 Å². The van der Waals surface area contributed by atoms with E-state index >= 15 is 0 Å². The molecule has 31 heavy (non-hydrogen) atoms. The Balaban J connectivity index is 1.48. The van der Waals surface area contributed by atoms with Crippen LogP contribution in [0, 0.1) is 0 Å². The van der Waals surface area contributed by atoms with Crippen LogP contribution in [0.1, 0.15) is 37.2 Å². The van der Waals surface area contributed by atoms with E-state index in [1.54, 1.807) is 6.33 Å². The molecule has 2 heterocycles. The molecule has 0 saturated carbocycles. The van der Waals surface area contributed by atoms with Crippen molar-refractivity contribution in [1.82, 2.24) is 35.2 Å². The van der Waals surface area contributed by atoms with E-state index in [-0.39, 0.29) is 0 Å². The number of hydrogen-bond acceptors (Lipinski definition) is 5. The highest BCUT2D eigenvalue weighted by molar-refractivity contribution is 5.79. The van der Waals surface area contributed by atoms with E-state index in [1.165, 1.54) is 30.6 Å². The molecule has 1 aliphatic rings. The van der Waals surface area contributed by atoms with Crippen molar-refractivity contribution in [3.8, 4) is 0 Å². The maximum absolute atomic E-state index is 4.75. The van der Waals surface area contributed by atoms with E-state index in [9.17, 15) is 0 Å². The SMILES string of the molecule is CCNC(=NCc1ccc(CN2CCCN(C)CC2)cc1)NCCn1cnnc1CC. The summed E-state index contributed by atoms with van der Waals surface area (Å²) in [5, 5.41) is 14.9. The third-order valence-electron chi connectivity index (χ3n) is 5.66. The van der Waals surface area contributed by atoms with Crippen LogP contribution in [0.15, 0.2) is 35.6 Å². The zero-order valence-electron chi connectivity index (χ0n) is 19.3. The van der Waals surface area contributed by atoms with Gasteiger partial charge in [0.1, 0.15) is 12.2 Å². The van der Waals surface area contributed by atoms with Crippen molar-refractivity contribution in [2.75, 3.05) is 46.3 Å². The van der Waals surface area contributed by atoms with E-state index in [2.05, 4.69) is 80.4 Å². The molecule has 2 N–H and O–H groups in total. The van der Waals surface area contributed by atoms with Gasteiger partial charge in [0.25, 0.3) is 0 Å². The normalized spacial score (nSPS) is 16.3. The van der Waals surface area contributed by atoms with Gasteiger partial charge in [-0.05, 0) is 44.6 Å². The number of benzene rings is 1. The van der Waals surface area contributed by atoms with Crippen LogP contribution in [0.4, 0.5) is 0 Å². The van der Waals surface area contributed by atoms with Gasteiger partial charge in [-0.3, -0.25) is 4.90 Å². The van der Waals surface area contributed by atoms with E-state index < -0.39 is 0 Å². The first-order chi connectivity index (χ1) is 15.2. The van der Waals surface area contributed by atoms with Gasteiger partial charge in [-0.2, -0.15) is 0 Å². The molecule has 1 aromatic heterocycles. The lowest BCUT2D eigenvalue weighted by Gasteiger charge is -2.20. The molecule has 1 fully saturated rings. The molecule has 1 saturated heterocycles. The predicted molar refractivity (Wildman–Crippen MR) is 126 cm³/mol. The molecular weight excluding hydrogens is 388 g/mol. The van der Waals surface area contributed by atoms with Crippen LogP contribution in [0.2, 0.25) is 0 Å². The summed E-state index contributed by atoms with van der Waals surface area (Å²) in [4.78, 5) is 9.73. The Hall–Kier alpha value is -2.45. The molecule has 1 aromatic carbocycles. The van der Waals surface area contributed by atoms with Gasteiger partial charge in [0.05, 0.1) is 6.54 Å². The monoisotopic (exact) mass is 426 g/mol. The van der Waals surface area contributed by atoms with Crippen molar-refractivity contribution in [3.63, 3.8) is 0 Å². The number of aliphatic imine (C=N–C) groups is 1. The summed E-state index contributed by atoms with van der Waals surface area (Å²) in [6.07, 6.45) is 3.93. The van der Waals surface area contributed by atoms with Crippen LogP contribution in [0.5, 0.6) is 0 Å². The topological polar surface area (TPSA) is 73.6 Å². The van der Waals surface area contributed by atoms with E-state index in [0.717, 1.165) is 57.5 Å². The molecule has 0 radical (unpaired) electrons. The van der Waals surface area contributed by atoms with Crippen molar-refractivity contribution in [3.05, 3.63) is 47.5 Å². The van der Waals surface area contributed by atoms with Crippen molar-refractivity contribution in [2.45, 2.75) is 46.3 Å². The molecule has 3 rings (SSSR count). The lowest BCUT2D eigenvalue weighted by atomic mass is 10.1. The van der Waals surface area contributed by atoms with Gasteiger partial charge < -0.3 is 20.1 Å². The Morgan fingerprint density at radius 3 is 2.61 bits per heavy atom. The molecule has 2 aromatic rings. The smallest absolute Gasteiger partial charge is 0.191 e. The zero-order chi connectivity index (χ0) is 21.9. The number of likely N-dealkylation sites (N-methyl/N-ethyl adjacent to an activating group) is 1. The zero-order valence-corrected chi connectivity index (χ0v) is 19.3. The van der Waals surface area contributed by atoms with Crippen molar-refractivity contribution < 1.29 is 0 Å². The van der Waals surface area contributed by atoms with Crippen LogP contribution < -0.4 is 10.6 Å². The fraction of sp³-hybridized carbons (Fsp3) is 0.609. The lowest BCUT2D eigenvalue weighted by Crippen LogP contribution is -2.38. The van der Waals surface area contributed by atoms with Gasteiger partial charge in [0.15, 0.2) is 5.96 Å². The Kier molecular flexibility index (Phi) is 9.30. The van der Waals surface area contributed by atoms with Crippen LogP contribution in [0.25, 0.3) is 0 Å². The highest BCUT2D eigenvalue weighted by Crippen LogP contribution is 2.11. The Morgan fingerprint density at radius 2 is 1.84 bits per heavy atom. The summed E-state index contributed by atoms with van der Waals surface area (Å²) in [5.74, 6) is 1.85. The highest BCUT2D eigenvalue weighted by atomic mass is 15.3. The summed E-state index contributed by atoms with van der Waals surface area (Å²) in [7, 11) is 2.21. The van der Waals surface area contributed by atoms with Gasteiger partial charge in [-0.25, -0.2) is 4.99 Å². The number of guanidine groups is 1. The molecule has 0 amide bonds. The number of nitrogens with zero attached hydrogens (tertiary/aromatic N) is 6. The number of nitrogens with one attached hydrogen (secondary N) is 2. The van der Waals surface area contributed by atoms with Gasteiger partial charge in [-0.15, -0.1) is 10.2 Å². The Bertz CT molecular complexity index is 798. The van der Waals surface area contributed by atoms with Gasteiger partial charge in [-0.1, -0.05) is 31.2 Å². The average molecular weight is 427 g/mol. The van der Waals surface area contributed by atoms with E-state index in [4.69, 9.17) is 4.99 Å². The minimum absolute atomic E-state index is 0.664. The summed E-state index contributed by atoms with van der Waals surface area (Å²) in [5.41, 5.74) is 2.60. The quantitative estimate of drug-likeness (QED) is 0.470. The minimum Gasteiger partial charge on any atom is -0.357 e. The fourth-order valence-electron chi connectivity index (χ4n) is 3.81. The summed E-state index contributed by atoms with van der Waals surface area (Å²) in [6, 6.07) is 8.91. The van der Waals surface area contributed by atoms with Crippen LogP contribution in [-0.4, -0.2) is 76.8 Å². The van der Waals surface area contributed by atoms with Crippen LogP contribution in [-0.2, 0) is 26.1 Å². The molecule has 8 nitrogen and oxygen atoms in total. The Morgan fingerprint density at radius 1 is 1.03 bits per heavy atom.